The number of thiocarbonyl (C=S) groups is 1. The van der Waals surface area contributed by atoms with Crippen molar-refractivity contribution in [3.05, 3.63) is 62.6 Å². The fourth-order valence-electron chi connectivity index (χ4n) is 1.65. The second-order valence-electron chi connectivity index (χ2n) is 4.17. The fraction of sp³-hybridized carbons (Fsp3) is 0. The number of rotatable bonds is 3. The Balaban J connectivity index is 2.25. The smallest absolute Gasteiger partial charge is 0.255 e. The molecule has 0 unspecified atom stereocenters. The zero-order valence-corrected chi connectivity index (χ0v) is 13.6. The van der Waals surface area contributed by atoms with Crippen LogP contribution >= 0.6 is 47.0 Å². The van der Waals surface area contributed by atoms with Gasteiger partial charge in [-0.05, 0) is 36.4 Å². The first-order chi connectivity index (χ1) is 9.86. The second kappa shape index (κ2) is 6.62. The van der Waals surface area contributed by atoms with Gasteiger partial charge in [0.2, 0.25) is 0 Å². The van der Waals surface area contributed by atoms with Crippen molar-refractivity contribution in [3.8, 4) is 0 Å². The van der Waals surface area contributed by atoms with Crippen molar-refractivity contribution in [2.24, 2.45) is 5.73 Å². The van der Waals surface area contributed by atoms with Gasteiger partial charge in [0.15, 0.2) is 0 Å². The van der Waals surface area contributed by atoms with E-state index in [2.05, 4.69) is 5.32 Å². The Morgan fingerprint density at radius 3 is 2.14 bits per heavy atom. The summed E-state index contributed by atoms with van der Waals surface area (Å²) in [5.41, 5.74) is 6.92. The van der Waals surface area contributed by atoms with E-state index in [1.54, 1.807) is 24.3 Å². The molecule has 21 heavy (non-hydrogen) atoms. The second-order valence-corrected chi connectivity index (χ2v) is 5.89. The fourth-order valence-corrected chi connectivity index (χ4v) is 2.53. The Bertz CT molecular complexity index is 714. The predicted octanol–water partition coefficient (Wildman–Crippen LogP) is 4.53. The highest BCUT2D eigenvalue weighted by Gasteiger charge is 2.11. The lowest BCUT2D eigenvalue weighted by Crippen LogP contribution is -2.13. The Morgan fingerprint density at radius 2 is 1.62 bits per heavy atom. The first-order valence-corrected chi connectivity index (χ1v) is 7.28. The molecule has 7 heteroatoms. The highest BCUT2D eigenvalue weighted by atomic mass is 35.5. The van der Waals surface area contributed by atoms with Crippen LogP contribution in [0.25, 0.3) is 0 Å². The normalized spacial score (nSPS) is 10.2. The molecule has 0 aromatic heterocycles. The van der Waals surface area contributed by atoms with Crippen LogP contribution < -0.4 is 11.1 Å². The van der Waals surface area contributed by atoms with Crippen LogP contribution in [0.1, 0.15) is 15.9 Å². The minimum absolute atomic E-state index is 0.233. The van der Waals surface area contributed by atoms with Gasteiger partial charge in [-0.1, -0.05) is 47.0 Å². The van der Waals surface area contributed by atoms with Gasteiger partial charge in [0, 0.05) is 21.2 Å². The number of carbonyl (C=O) groups excluding carboxylic acids is 1. The summed E-state index contributed by atoms with van der Waals surface area (Å²) in [6.07, 6.45) is 0. The van der Waals surface area contributed by atoms with Crippen molar-refractivity contribution in [1.82, 2.24) is 0 Å². The van der Waals surface area contributed by atoms with E-state index < -0.39 is 0 Å². The number of nitrogens with two attached hydrogens (primary N) is 1. The zero-order chi connectivity index (χ0) is 15.6. The van der Waals surface area contributed by atoms with Crippen LogP contribution in [0, 0.1) is 0 Å². The van der Waals surface area contributed by atoms with Crippen molar-refractivity contribution in [3.63, 3.8) is 0 Å². The number of benzene rings is 2. The maximum Gasteiger partial charge on any atom is 0.255 e. The summed E-state index contributed by atoms with van der Waals surface area (Å²) < 4.78 is 0. The molecule has 0 bridgehead atoms. The SMILES string of the molecule is NC(=S)c1ccc(NC(=O)c2cc(Cl)cc(Cl)c2)c(Cl)c1. The maximum atomic E-state index is 12.2. The first kappa shape index (κ1) is 16.0. The topological polar surface area (TPSA) is 55.1 Å². The Morgan fingerprint density at radius 1 is 1.00 bits per heavy atom. The molecule has 0 fully saturated rings. The highest BCUT2D eigenvalue weighted by molar-refractivity contribution is 7.80. The molecule has 0 atom stereocenters. The molecule has 108 valence electrons. The zero-order valence-electron chi connectivity index (χ0n) is 10.5. The van der Waals surface area contributed by atoms with Crippen LogP contribution in [0.5, 0.6) is 0 Å². The van der Waals surface area contributed by atoms with Crippen LogP contribution in [0.2, 0.25) is 15.1 Å². The Labute approximate surface area is 142 Å². The molecule has 0 radical (unpaired) electrons. The number of anilines is 1. The van der Waals surface area contributed by atoms with E-state index in [1.165, 1.54) is 12.1 Å². The summed E-state index contributed by atoms with van der Waals surface area (Å²) in [4.78, 5) is 12.4. The van der Waals surface area contributed by atoms with E-state index in [1.807, 2.05) is 0 Å². The molecule has 0 aliphatic carbocycles. The third-order valence-corrected chi connectivity index (χ3v) is 3.61. The molecular weight excluding hydrogens is 351 g/mol. The molecule has 0 saturated carbocycles. The standard InChI is InChI=1S/C14H9Cl3N2OS/c15-9-3-8(4-10(16)6-9)14(20)19-12-2-1-7(13(18)21)5-11(12)17/h1-6H,(H2,18,21)(H,19,20). The van der Waals surface area contributed by atoms with E-state index in [0.29, 0.717) is 31.9 Å². The molecule has 2 aromatic carbocycles. The summed E-state index contributed by atoms with van der Waals surface area (Å²) in [6.45, 7) is 0. The van der Waals surface area contributed by atoms with E-state index in [0.717, 1.165) is 0 Å². The van der Waals surface area contributed by atoms with Gasteiger partial charge in [0.1, 0.15) is 4.99 Å². The molecule has 0 heterocycles. The lowest BCUT2D eigenvalue weighted by Gasteiger charge is -2.09. The van der Waals surface area contributed by atoms with Gasteiger partial charge in [-0.15, -0.1) is 0 Å². The van der Waals surface area contributed by atoms with Crippen LogP contribution in [-0.2, 0) is 0 Å². The summed E-state index contributed by atoms with van der Waals surface area (Å²) in [5.74, 6) is -0.371. The maximum absolute atomic E-state index is 12.2. The van der Waals surface area contributed by atoms with E-state index in [4.69, 9.17) is 52.8 Å². The van der Waals surface area contributed by atoms with Gasteiger partial charge < -0.3 is 11.1 Å². The molecule has 0 aliphatic heterocycles. The van der Waals surface area contributed by atoms with Crippen molar-refractivity contribution >= 4 is 63.6 Å². The van der Waals surface area contributed by atoms with Crippen LogP contribution in [-0.4, -0.2) is 10.9 Å². The van der Waals surface area contributed by atoms with Crippen LogP contribution in [0.3, 0.4) is 0 Å². The Kier molecular flexibility index (Phi) is 5.06. The molecule has 3 N–H and O–H groups in total. The number of amides is 1. The Hall–Kier alpha value is -1.33. The molecule has 0 saturated heterocycles. The number of halogens is 3. The third kappa shape index (κ3) is 4.08. The van der Waals surface area contributed by atoms with Gasteiger partial charge in [0.05, 0.1) is 10.7 Å². The predicted molar refractivity (Wildman–Crippen MR) is 91.8 cm³/mol. The van der Waals surface area contributed by atoms with Crippen molar-refractivity contribution in [2.75, 3.05) is 5.32 Å². The van der Waals surface area contributed by atoms with Crippen LogP contribution in [0.4, 0.5) is 5.69 Å². The summed E-state index contributed by atoms with van der Waals surface area (Å²) in [7, 11) is 0. The third-order valence-electron chi connectivity index (χ3n) is 2.63. The summed E-state index contributed by atoms with van der Waals surface area (Å²) in [5, 5.41) is 3.76. The molecule has 2 rings (SSSR count). The van der Waals surface area contributed by atoms with Crippen molar-refractivity contribution in [2.45, 2.75) is 0 Å². The molecule has 3 nitrogen and oxygen atoms in total. The van der Waals surface area contributed by atoms with Crippen LogP contribution in [0.15, 0.2) is 36.4 Å². The van der Waals surface area contributed by atoms with E-state index in [9.17, 15) is 4.79 Å². The van der Waals surface area contributed by atoms with Gasteiger partial charge in [-0.3, -0.25) is 4.79 Å². The summed E-state index contributed by atoms with van der Waals surface area (Å²) in [6, 6.07) is 9.46. The first-order valence-electron chi connectivity index (χ1n) is 5.73. The van der Waals surface area contributed by atoms with Gasteiger partial charge in [-0.2, -0.15) is 0 Å². The molecule has 0 spiro atoms. The monoisotopic (exact) mass is 358 g/mol. The highest BCUT2D eigenvalue weighted by Crippen LogP contribution is 2.25. The molecule has 2 aromatic rings. The largest absolute Gasteiger partial charge is 0.389 e. The van der Waals surface area contributed by atoms with E-state index >= 15 is 0 Å². The average molecular weight is 360 g/mol. The van der Waals surface area contributed by atoms with Gasteiger partial charge in [0.25, 0.3) is 5.91 Å². The molecule has 0 aliphatic rings. The van der Waals surface area contributed by atoms with Crippen molar-refractivity contribution < 1.29 is 4.79 Å². The average Bonchev–Trinajstić information content (AvgIpc) is 2.39. The molecular formula is C14H9Cl3N2OS. The lowest BCUT2D eigenvalue weighted by atomic mass is 10.2. The van der Waals surface area contributed by atoms with E-state index in [-0.39, 0.29) is 10.9 Å². The quantitative estimate of drug-likeness (QED) is 0.791. The molecule has 1 amide bonds. The number of hydrogen-bond donors (Lipinski definition) is 2. The van der Waals surface area contributed by atoms with Gasteiger partial charge >= 0.3 is 0 Å². The lowest BCUT2D eigenvalue weighted by molar-refractivity contribution is 0.102. The minimum atomic E-state index is -0.371. The van der Waals surface area contributed by atoms with Crippen molar-refractivity contribution in [1.29, 1.82) is 0 Å². The number of hydrogen-bond acceptors (Lipinski definition) is 2. The van der Waals surface area contributed by atoms with Gasteiger partial charge in [-0.25, -0.2) is 0 Å². The minimum Gasteiger partial charge on any atom is -0.389 e. The number of nitrogens with one attached hydrogen (secondary N) is 1. The number of carbonyl (C=O) groups is 1. The summed E-state index contributed by atoms with van der Waals surface area (Å²) >= 11 is 22.7.